The molecule has 7 heteroatoms. The molecule has 0 spiro atoms. The number of hydrogen-bond donors (Lipinski definition) is 0. The van der Waals surface area contributed by atoms with Crippen molar-refractivity contribution in [2.75, 3.05) is 13.7 Å². The fourth-order valence-corrected chi connectivity index (χ4v) is 3.49. The summed E-state index contributed by atoms with van der Waals surface area (Å²) >= 11 is 0. The van der Waals surface area contributed by atoms with Crippen molar-refractivity contribution >= 4 is 5.91 Å². The van der Waals surface area contributed by atoms with E-state index in [9.17, 15) is 18.0 Å². The fraction of sp³-hybridized carbons (Fsp3) is 0.368. The summed E-state index contributed by atoms with van der Waals surface area (Å²) in [4.78, 5) is 18.6. The van der Waals surface area contributed by atoms with E-state index in [1.54, 1.807) is 30.5 Å². The highest BCUT2D eigenvalue weighted by molar-refractivity contribution is 5.88. The molecule has 1 aliphatic rings. The van der Waals surface area contributed by atoms with Crippen molar-refractivity contribution in [3.05, 3.63) is 66.0 Å². The smallest absolute Gasteiger partial charge is 0.356 e. The van der Waals surface area contributed by atoms with E-state index in [0.717, 1.165) is 7.11 Å². The molecule has 1 amide bonds. The molecule has 4 nitrogen and oxygen atoms in total. The van der Waals surface area contributed by atoms with Gasteiger partial charge >= 0.3 is 6.18 Å². The molecular weight excluding hydrogens is 345 g/mol. The molecule has 0 N–H and O–H groups in total. The Labute approximate surface area is 149 Å². The number of aromatic nitrogens is 1. The topological polar surface area (TPSA) is 42.4 Å². The summed E-state index contributed by atoms with van der Waals surface area (Å²) in [6.45, 7) is 0.230. The largest absolute Gasteiger partial charge is 0.430 e. The van der Waals surface area contributed by atoms with E-state index in [1.165, 1.54) is 29.2 Å². The summed E-state index contributed by atoms with van der Waals surface area (Å²) in [5, 5.41) is 0. The van der Waals surface area contributed by atoms with Crippen molar-refractivity contribution in [2.24, 2.45) is 0 Å². The molecule has 2 aromatic rings. The van der Waals surface area contributed by atoms with E-state index < -0.39 is 23.7 Å². The zero-order chi connectivity index (χ0) is 18.8. The van der Waals surface area contributed by atoms with Crippen LogP contribution >= 0.6 is 0 Å². The molecule has 0 radical (unpaired) electrons. The number of halogens is 3. The van der Waals surface area contributed by atoms with Crippen LogP contribution in [0.25, 0.3) is 0 Å². The first-order valence-corrected chi connectivity index (χ1v) is 8.31. The maximum Gasteiger partial charge on any atom is 0.430 e. The SMILES string of the molecule is COC(C(=O)N1CCC[C@H]1c1ccccn1)(c1ccccc1)C(F)(F)F. The summed E-state index contributed by atoms with van der Waals surface area (Å²) in [6, 6.07) is 11.8. The number of carbonyl (C=O) groups excluding carboxylic acids is 1. The Morgan fingerprint density at radius 2 is 1.85 bits per heavy atom. The highest BCUT2D eigenvalue weighted by Gasteiger charge is 2.64. The molecule has 138 valence electrons. The number of hydrogen-bond acceptors (Lipinski definition) is 3. The van der Waals surface area contributed by atoms with E-state index in [4.69, 9.17) is 4.74 Å². The van der Waals surface area contributed by atoms with Crippen LogP contribution in [0.4, 0.5) is 13.2 Å². The highest BCUT2D eigenvalue weighted by atomic mass is 19.4. The number of likely N-dealkylation sites (tertiary alicyclic amines) is 1. The highest BCUT2D eigenvalue weighted by Crippen LogP contribution is 2.46. The maximum atomic E-state index is 14.1. The molecule has 0 bridgehead atoms. The van der Waals surface area contributed by atoms with Crippen LogP contribution in [-0.4, -0.2) is 35.6 Å². The third-order valence-electron chi connectivity index (χ3n) is 4.73. The van der Waals surface area contributed by atoms with Crippen LogP contribution < -0.4 is 0 Å². The number of benzene rings is 1. The minimum absolute atomic E-state index is 0.230. The van der Waals surface area contributed by atoms with Gasteiger partial charge in [-0.2, -0.15) is 13.2 Å². The zero-order valence-electron chi connectivity index (χ0n) is 14.2. The Morgan fingerprint density at radius 1 is 1.15 bits per heavy atom. The van der Waals surface area contributed by atoms with Crippen LogP contribution in [0.1, 0.15) is 30.1 Å². The standard InChI is InChI=1S/C19H19F3N2O2/c1-26-18(19(20,21)22,14-8-3-2-4-9-14)17(25)24-13-7-11-16(24)15-10-5-6-12-23-15/h2-6,8-10,12,16H,7,11,13H2,1H3/t16-,18?/m0/s1. The lowest BCUT2D eigenvalue weighted by Crippen LogP contribution is -2.56. The monoisotopic (exact) mass is 364 g/mol. The predicted molar refractivity (Wildman–Crippen MR) is 89.1 cm³/mol. The fourth-order valence-electron chi connectivity index (χ4n) is 3.49. The number of rotatable bonds is 4. The molecule has 1 fully saturated rings. The van der Waals surface area contributed by atoms with E-state index in [1.807, 2.05) is 0 Å². The Hall–Kier alpha value is -2.41. The van der Waals surface area contributed by atoms with Gasteiger partial charge in [0.15, 0.2) is 0 Å². The first kappa shape index (κ1) is 18.4. The van der Waals surface area contributed by atoms with Gasteiger partial charge in [-0.1, -0.05) is 36.4 Å². The minimum Gasteiger partial charge on any atom is -0.356 e. The van der Waals surface area contributed by atoms with E-state index in [-0.39, 0.29) is 12.1 Å². The predicted octanol–water partition coefficient (Wildman–Crippen LogP) is 3.85. The summed E-state index contributed by atoms with van der Waals surface area (Å²) in [6.07, 6.45) is -2.16. The van der Waals surface area contributed by atoms with Gasteiger partial charge in [0, 0.05) is 25.4 Å². The van der Waals surface area contributed by atoms with E-state index in [0.29, 0.717) is 18.5 Å². The third kappa shape index (κ3) is 2.96. The molecule has 3 rings (SSSR count). The number of methoxy groups -OCH3 is 1. The van der Waals surface area contributed by atoms with Gasteiger partial charge in [0.1, 0.15) is 0 Å². The number of alkyl halides is 3. The Kier molecular flexibility index (Phi) is 5.00. The number of nitrogens with zero attached hydrogens (tertiary/aromatic N) is 2. The molecule has 26 heavy (non-hydrogen) atoms. The van der Waals surface area contributed by atoms with Crippen molar-refractivity contribution in [2.45, 2.75) is 30.7 Å². The van der Waals surface area contributed by atoms with Gasteiger partial charge in [0.05, 0.1) is 11.7 Å². The molecule has 1 aliphatic heterocycles. The van der Waals surface area contributed by atoms with Gasteiger partial charge in [-0.05, 0) is 25.0 Å². The molecule has 2 atom stereocenters. The van der Waals surface area contributed by atoms with Gasteiger partial charge in [-0.3, -0.25) is 9.78 Å². The van der Waals surface area contributed by atoms with Crippen LogP contribution in [0.2, 0.25) is 0 Å². The number of carbonyl (C=O) groups is 1. The quantitative estimate of drug-likeness (QED) is 0.828. The number of pyridine rings is 1. The second-order valence-electron chi connectivity index (χ2n) is 6.16. The molecule has 1 aromatic carbocycles. The second-order valence-corrected chi connectivity index (χ2v) is 6.16. The second kappa shape index (κ2) is 7.07. The van der Waals surface area contributed by atoms with Crippen LogP contribution in [0.5, 0.6) is 0 Å². The van der Waals surface area contributed by atoms with Crippen LogP contribution in [0, 0.1) is 0 Å². The Morgan fingerprint density at radius 3 is 2.42 bits per heavy atom. The first-order valence-electron chi connectivity index (χ1n) is 8.31. The average molecular weight is 364 g/mol. The molecule has 0 aliphatic carbocycles. The molecule has 1 unspecified atom stereocenters. The lowest BCUT2D eigenvalue weighted by molar-refractivity contribution is -0.270. The molecule has 2 heterocycles. The average Bonchev–Trinajstić information content (AvgIpc) is 3.13. The number of ether oxygens (including phenoxy) is 1. The molecule has 1 aromatic heterocycles. The third-order valence-corrected chi connectivity index (χ3v) is 4.73. The lowest BCUT2D eigenvalue weighted by atomic mass is 9.90. The van der Waals surface area contributed by atoms with Crippen molar-refractivity contribution in [1.29, 1.82) is 0 Å². The first-order chi connectivity index (χ1) is 12.4. The van der Waals surface area contributed by atoms with Crippen molar-refractivity contribution < 1.29 is 22.7 Å². The van der Waals surface area contributed by atoms with E-state index >= 15 is 0 Å². The zero-order valence-corrected chi connectivity index (χ0v) is 14.2. The van der Waals surface area contributed by atoms with E-state index in [2.05, 4.69) is 4.98 Å². The van der Waals surface area contributed by atoms with Crippen LogP contribution in [-0.2, 0) is 15.1 Å². The number of amides is 1. The normalized spacial score (nSPS) is 20.0. The van der Waals surface area contributed by atoms with Crippen molar-refractivity contribution in [3.63, 3.8) is 0 Å². The molecule has 1 saturated heterocycles. The van der Waals surface area contributed by atoms with Gasteiger partial charge < -0.3 is 9.64 Å². The van der Waals surface area contributed by atoms with Crippen LogP contribution in [0.15, 0.2) is 54.7 Å². The minimum atomic E-state index is -4.91. The van der Waals surface area contributed by atoms with Gasteiger partial charge in [0.25, 0.3) is 11.5 Å². The lowest BCUT2D eigenvalue weighted by Gasteiger charge is -2.38. The summed E-state index contributed by atoms with van der Waals surface area (Å²) in [7, 11) is 0.921. The van der Waals surface area contributed by atoms with Crippen molar-refractivity contribution in [1.82, 2.24) is 9.88 Å². The molecular formula is C19H19F3N2O2. The molecule has 0 saturated carbocycles. The summed E-state index contributed by atoms with van der Waals surface area (Å²) < 4.78 is 47.2. The van der Waals surface area contributed by atoms with Gasteiger partial charge in [0.2, 0.25) is 0 Å². The summed E-state index contributed by atoms with van der Waals surface area (Å²) in [5.41, 5.74) is -2.68. The van der Waals surface area contributed by atoms with Crippen LogP contribution in [0.3, 0.4) is 0 Å². The van der Waals surface area contributed by atoms with Gasteiger partial charge in [-0.25, -0.2) is 0 Å². The maximum absolute atomic E-state index is 14.1. The Bertz CT molecular complexity index is 752. The van der Waals surface area contributed by atoms with Gasteiger partial charge in [-0.15, -0.1) is 0 Å². The summed E-state index contributed by atoms with van der Waals surface area (Å²) in [5.74, 6) is -1.10. The Balaban J connectivity index is 2.06. The van der Waals surface area contributed by atoms with Crippen molar-refractivity contribution in [3.8, 4) is 0 Å².